The number of carbonyl (C=O) groups excluding carboxylic acids is 1. The molecule has 0 atom stereocenters. The summed E-state index contributed by atoms with van der Waals surface area (Å²) in [6.45, 7) is 1.79. The average molecular weight is 339 g/mol. The fourth-order valence-corrected chi connectivity index (χ4v) is 2.39. The van der Waals surface area contributed by atoms with Crippen LogP contribution in [0.2, 0.25) is 0 Å². The van der Waals surface area contributed by atoms with Crippen molar-refractivity contribution in [2.45, 2.75) is 6.92 Å². The van der Waals surface area contributed by atoms with Crippen LogP contribution < -0.4 is 5.32 Å². The highest BCUT2D eigenvalue weighted by molar-refractivity contribution is 9.10. The molecule has 0 aliphatic rings. The molecule has 2 aromatic rings. The Bertz CT molecular complexity index is 596. The first-order valence-corrected chi connectivity index (χ1v) is 7.15. The minimum atomic E-state index is -0.622. The van der Waals surface area contributed by atoms with Crippen LogP contribution in [0.1, 0.15) is 11.8 Å². The van der Waals surface area contributed by atoms with Gasteiger partial charge in [0.15, 0.2) is 0 Å². The van der Waals surface area contributed by atoms with Gasteiger partial charge in [0.25, 0.3) is 0 Å². The summed E-state index contributed by atoms with van der Waals surface area (Å²) in [6, 6.07) is 11.1. The number of nitrogens with one attached hydrogen (secondary N) is 1. The van der Waals surface area contributed by atoms with Crippen LogP contribution in [-0.4, -0.2) is 11.8 Å². The zero-order valence-corrected chi connectivity index (χ0v) is 12.5. The van der Waals surface area contributed by atoms with Crippen LogP contribution in [0, 0.1) is 0 Å². The molecule has 4 nitrogen and oxygen atoms in total. The lowest BCUT2D eigenvalue weighted by Crippen LogP contribution is -2.12. The van der Waals surface area contributed by atoms with Crippen molar-refractivity contribution in [1.82, 2.24) is 0 Å². The molecule has 19 heavy (non-hydrogen) atoms. The number of rotatable bonds is 3. The van der Waals surface area contributed by atoms with E-state index in [2.05, 4.69) is 26.4 Å². The smallest absolute Gasteiger partial charge is 0.297 e. The van der Waals surface area contributed by atoms with E-state index < -0.39 is 6.09 Å². The molecule has 0 bridgehead atoms. The van der Waals surface area contributed by atoms with Crippen LogP contribution >= 0.6 is 27.3 Å². The number of amides is 1. The molecular weight excluding hydrogens is 328 g/mol. The summed E-state index contributed by atoms with van der Waals surface area (Å²) in [5, 5.41) is 8.33. The van der Waals surface area contributed by atoms with Gasteiger partial charge in [-0.3, -0.25) is 10.2 Å². The molecule has 1 aromatic heterocycles. The molecular formula is C13H11BrN2O2S. The Balaban J connectivity index is 1.96. The summed E-state index contributed by atoms with van der Waals surface area (Å²) >= 11 is 4.87. The number of anilines is 1. The van der Waals surface area contributed by atoms with Crippen molar-refractivity contribution in [1.29, 1.82) is 0 Å². The van der Waals surface area contributed by atoms with E-state index >= 15 is 0 Å². The van der Waals surface area contributed by atoms with Crippen LogP contribution in [0.4, 0.5) is 10.5 Å². The maximum Gasteiger partial charge on any atom is 0.437 e. The molecule has 0 fully saturated rings. The highest BCUT2D eigenvalue weighted by Gasteiger charge is 2.06. The molecule has 98 valence electrons. The molecule has 2 rings (SSSR count). The summed E-state index contributed by atoms with van der Waals surface area (Å²) in [5.74, 6) is 0. The molecule has 6 heteroatoms. The largest absolute Gasteiger partial charge is 0.437 e. The number of hydrogen-bond donors (Lipinski definition) is 1. The van der Waals surface area contributed by atoms with Crippen LogP contribution in [-0.2, 0) is 4.84 Å². The number of thiophene rings is 1. The quantitative estimate of drug-likeness (QED) is 0.509. The number of nitrogens with zero attached hydrogens (tertiary/aromatic N) is 1. The van der Waals surface area contributed by atoms with E-state index in [1.54, 1.807) is 13.0 Å². The first-order chi connectivity index (χ1) is 9.16. The lowest BCUT2D eigenvalue weighted by molar-refractivity contribution is 0.166. The molecule has 0 aliphatic carbocycles. The van der Waals surface area contributed by atoms with E-state index in [4.69, 9.17) is 4.84 Å². The van der Waals surface area contributed by atoms with E-state index in [0.29, 0.717) is 11.4 Å². The van der Waals surface area contributed by atoms with Crippen molar-refractivity contribution >= 4 is 44.8 Å². The van der Waals surface area contributed by atoms with Crippen LogP contribution in [0.25, 0.3) is 0 Å². The van der Waals surface area contributed by atoms with Gasteiger partial charge in [0.1, 0.15) is 0 Å². The lowest BCUT2D eigenvalue weighted by atomic mass is 10.3. The van der Waals surface area contributed by atoms with E-state index in [9.17, 15) is 4.79 Å². The van der Waals surface area contributed by atoms with Crippen molar-refractivity contribution in [3.63, 3.8) is 0 Å². The van der Waals surface area contributed by atoms with E-state index in [-0.39, 0.29) is 0 Å². The Morgan fingerprint density at radius 2 is 2.11 bits per heavy atom. The zero-order valence-electron chi connectivity index (χ0n) is 10.1. The molecule has 0 saturated heterocycles. The summed E-state index contributed by atoms with van der Waals surface area (Å²) in [4.78, 5) is 17.4. The molecule has 1 N–H and O–H groups in total. The minimum absolute atomic E-state index is 0.622. The summed E-state index contributed by atoms with van der Waals surface area (Å²) in [5.41, 5.74) is 1.30. The fourth-order valence-electron chi connectivity index (χ4n) is 1.33. The normalized spacial score (nSPS) is 11.2. The van der Waals surface area contributed by atoms with Gasteiger partial charge < -0.3 is 0 Å². The summed E-state index contributed by atoms with van der Waals surface area (Å²) in [6.07, 6.45) is -0.622. The van der Waals surface area contributed by atoms with Gasteiger partial charge in [-0.2, -0.15) is 0 Å². The third-order valence-corrected chi connectivity index (χ3v) is 3.92. The molecule has 0 radical (unpaired) electrons. The topological polar surface area (TPSA) is 50.7 Å². The standard InChI is InChI=1S/C13H11BrN2O2S/c1-9(12-7-4-8-19-12)16-18-13(17)15-11-6-3-2-5-10(11)14/h2-8H,1H3,(H,15,17)/b16-9-. The maximum atomic E-state index is 11.6. The van der Waals surface area contributed by atoms with E-state index in [0.717, 1.165) is 9.35 Å². The molecule has 0 spiro atoms. The van der Waals surface area contributed by atoms with Gasteiger partial charge in [0.05, 0.1) is 16.3 Å². The van der Waals surface area contributed by atoms with E-state index in [1.807, 2.05) is 35.7 Å². The third-order valence-electron chi connectivity index (χ3n) is 2.25. The maximum absolute atomic E-state index is 11.6. The second-order valence-electron chi connectivity index (χ2n) is 3.64. The SMILES string of the molecule is C/C(=N/OC(=O)Nc1ccccc1Br)c1cccs1. The van der Waals surface area contributed by atoms with Crippen molar-refractivity contribution in [3.05, 3.63) is 51.1 Å². The van der Waals surface area contributed by atoms with Gasteiger partial charge in [0.2, 0.25) is 0 Å². The predicted molar refractivity (Wildman–Crippen MR) is 80.8 cm³/mol. The predicted octanol–water partition coefficient (Wildman–Crippen LogP) is 4.48. The number of oxime groups is 1. The highest BCUT2D eigenvalue weighted by atomic mass is 79.9. The Kier molecular flexibility index (Phi) is 4.70. The van der Waals surface area contributed by atoms with E-state index in [1.165, 1.54) is 11.3 Å². The monoisotopic (exact) mass is 338 g/mol. The Morgan fingerprint density at radius 1 is 1.32 bits per heavy atom. The second kappa shape index (κ2) is 6.49. The first kappa shape index (κ1) is 13.8. The second-order valence-corrected chi connectivity index (χ2v) is 5.44. The van der Waals surface area contributed by atoms with Gasteiger partial charge in [-0.05, 0) is 46.4 Å². The van der Waals surface area contributed by atoms with Crippen LogP contribution in [0.5, 0.6) is 0 Å². The summed E-state index contributed by atoms with van der Waals surface area (Å²) < 4.78 is 0.783. The molecule has 0 aliphatic heterocycles. The van der Waals surface area contributed by atoms with Gasteiger partial charge in [-0.15, -0.1) is 11.3 Å². The molecule has 0 unspecified atom stereocenters. The van der Waals surface area contributed by atoms with Gasteiger partial charge in [-0.25, -0.2) is 4.79 Å². The van der Waals surface area contributed by atoms with Crippen molar-refractivity contribution < 1.29 is 9.63 Å². The summed E-state index contributed by atoms with van der Waals surface area (Å²) in [7, 11) is 0. The van der Waals surface area contributed by atoms with Gasteiger partial charge in [0, 0.05) is 4.47 Å². The van der Waals surface area contributed by atoms with Crippen LogP contribution in [0.3, 0.4) is 0 Å². The zero-order chi connectivity index (χ0) is 13.7. The number of carbonyl (C=O) groups is 1. The third kappa shape index (κ3) is 3.90. The van der Waals surface area contributed by atoms with Crippen molar-refractivity contribution in [2.75, 3.05) is 5.32 Å². The Labute approximate surface area is 123 Å². The first-order valence-electron chi connectivity index (χ1n) is 5.48. The van der Waals surface area contributed by atoms with Crippen molar-refractivity contribution in [2.24, 2.45) is 5.16 Å². The molecule has 0 saturated carbocycles. The average Bonchev–Trinajstić information content (AvgIpc) is 2.93. The number of hydrogen-bond acceptors (Lipinski definition) is 4. The number of benzene rings is 1. The highest BCUT2D eigenvalue weighted by Crippen LogP contribution is 2.21. The lowest BCUT2D eigenvalue weighted by Gasteiger charge is -2.04. The molecule has 1 amide bonds. The Hall–Kier alpha value is -1.66. The number of para-hydroxylation sites is 1. The molecule has 1 aromatic carbocycles. The minimum Gasteiger partial charge on any atom is -0.297 e. The van der Waals surface area contributed by atoms with Gasteiger partial charge >= 0.3 is 6.09 Å². The van der Waals surface area contributed by atoms with Gasteiger partial charge in [-0.1, -0.05) is 23.4 Å². The van der Waals surface area contributed by atoms with Crippen LogP contribution in [0.15, 0.2) is 51.4 Å². The number of halogens is 1. The molecule has 1 heterocycles. The van der Waals surface area contributed by atoms with Crippen molar-refractivity contribution in [3.8, 4) is 0 Å². The fraction of sp³-hybridized carbons (Fsp3) is 0.0769. The Morgan fingerprint density at radius 3 is 2.79 bits per heavy atom.